The van der Waals surface area contributed by atoms with Gasteiger partial charge in [-0.1, -0.05) is 29.4 Å². The molecule has 1 fully saturated rings. The quantitative estimate of drug-likeness (QED) is 0.883. The summed E-state index contributed by atoms with van der Waals surface area (Å²) >= 11 is 0. The molecular weight excluding hydrogens is 332 g/mol. The second kappa shape index (κ2) is 8.31. The van der Waals surface area contributed by atoms with Crippen molar-refractivity contribution in [2.24, 2.45) is 0 Å². The summed E-state index contributed by atoms with van der Waals surface area (Å²) in [5.74, 6) is 1.19. The number of rotatable bonds is 5. The molecule has 0 aliphatic carbocycles. The molecule has 2 heterocycles. The number of hydrogen-bond donors (Lipinski definition) is 1. The molecule has 0 radical (unpaired) electrons. The predicted molar refractivity (Wildman–Crippen MR) is 97.6 cm³/mol. The Morgan fingerprint density at radius 3 is 2.81 bits per heavy atom. The Labute approximate surface area is 153 Å². The third-order valence-electron chi connectivity index (χ3n) is 4.70. The van der Waals surface area contributed by atoms with Crippen molar-refractivity contribution in [3.63, 3.8) is 0 Å². The summed E-state index contributed by atoms with van der Waals surface area (Å²) in [5, 5.41) is 7.65. The van der Waals surface area contributed by atoms with E-state index in [-0.39, 0.29) is 12.1 Å². The van der Waals surface area contributed by atoms with Crippen molar-refractivity contribution >= 4 is 6.09 Å². The largest absolute Gasteiger partial charge is 0.450 e. The van der Waals surface area contributed by atoms with E-state index in [4.69, 9.17) is 9.26 Å². The van der Waals surface area contributed by atoms with Gasteiger partial charge in [-0.25, -0.2) is 4.79 Å². The molecule has 1 aliphatic rings. The van der Waals surface area contributed by atoms with E-state index in [0.717, 1.165) is 24.0 Å². The molecule has 0 unspecified atom stereocenters. The fourth-order valence-electron chi connectivity index (χ4n) is 3.21. The second-order valence-electron chi connectivity index (χ2n) is 6.62. The van der Waals surface area contributed by atoms with Gasteiger partial charge in [0.2, 0.25) is 11.7 Å². The molecule has 1 saturated heterocycles. The van der Waals surface area contributed by atoms with Crippen molar-refractivity contribution in [1.29, 1.82) is 0 Å². The maximum Gasteiger partial charge on any atom is 0.409 e. The van der Waals surface area contributed by atoms with E-state index in [1.807, 2.05) is 45.0 Å². The molecule has 1 atom stereocenters. The van der Waals surface area contributed by atoms with Crippen molar-refractivity contribution in [1.82, 2.24) is 20.4 Å². The van der Waals surface area contributed by atoms with Gasteiger partial charge in [0.1, 0.15) is 0 Å². The average Bonchev–Trinajstić information content (AvgIpc) is 3.13. The van der Waals surface area contributed by atoms with Gasteiger partial charge in [-0.15, -0.1) is 0 Å². The number of carbonyl (C=O) groups excluding carboxylic acids is 1. The van der Waals surface area contributed by atoms with Crippen LogP contribution >= 0.6 is 0 Å². The van der Waals surface area contributed by atoms with Crippen LogP contribution in [0.25, 0.3) is 11.4 Å². The lowest BCUT2D eigenvalue weighted by Crippen LogP contribution is -2.45. The van der Waals surface area contributed by atoms with E-state index in [1.165, 1.54) is 0 Å². The predicted octanol–water partition coefficient (Wildman–Crippen LogP) is 3.32. The highest BCUT2D eigenvalue weighted by Gasteiger charge is 2.26. The fourth-order valence-corrected chi connectivity index (χ4v) is 3.21. The van der Waals surface area contributed by atoms with E-state index in [9.17, 15) is 4.79 Å². The van der Waals surface area contributed by atoms with Crippen LogP contribution < -0.4 is 5.32 Å². The van der Waals surface area contributed by atoms with Crippen molar-refractivity contribution in [3.8, 4) is 11.4 Å². The normalized spacial score (nSPS) is 16.5. The molecule has 7 nitrogen and oxygen atoms in total. The Balaban J connectivity index is 1.56. The number of aromatic nitrogens is 2. The standard InChI is InChI=1S/C19H26N4O3/c1-4-25-19(24)23-11-9-15(10-12-23)20-14(3)18-21-17(22-26-18)16-8-6-5-7-13(16)2/h5-8,14-15,20H,4,9-12H2,1-3H3/t14-/m0/s1. The summed E-state index contributed by atoms with van der Waals surface area (Å²) in [6.07, 6.45) is 1.53. The van der Waals surface area contributed by atoms with Crippen LogP contribution in [0.3, 0.4) is 0 Å². The van der Waals surface area contributed by atoms with E-state index in [0.29, 0.717) is 37.5 Å². The van der Waals surface area contributed by atoms with Crippen molar-refractivity contribution < 1.29 is 14.1 Å². The Morgan fingerprint density at radius 2 is 2.12 bits per heavy atom. The summed E-state index contributed by atoms with van der Waals surface area (Å²) in [6.45, 7) is 7.68. The Kier molecular flexibility index (Phi) is 5.88. The number of nitrogens with zero attached hydrogens (tertiary/aromatic N) is 3. The van der Waals surface area contributed by atoms with Crippen LogP contribution in [-0.2, 0) is 4.74 Å². The van der Waals surface area contributed by atoms with Gasteiger partial charge in [0.25, 0.3) is 0 Å². The van der Waals surface area contributed by atoms with Crippen molar-refractivity contribution in [2.75, 3.05) is 19.7 Å². The second-order valence-corrected chi connectivity index (χ2v) is 6.62. The fraction of sp³-hybridized carbons (Fsp3) is 0.526. The molecule has 1 amide bonds. The van der Waals surface area contributed by atoms with Crippen LogP contribution in [-0.4, -0.2) is 46.9 Å². The topological polar surface area (TPSA) is 80.5 Å². The molecular formula is C19H26N4O3. The molecule has 0 saturated carbocycles. The minimum atomic E-state index is -0.223. The SMILES string of the molecule is CCOC(=O)N1CCC(N[C@@H](C)c2nc(-c3ccccc3C)no2)CC1. The van der Waals surface area contributed by atoms with Crippen LogP contribution in [0.2, 0.25) is 0 Å². The Bertz CT molecular complexity index is 738. The Morgan fingerprint density at radius 1 is 1.38 bits per heavy atom. The first kappa shape index (κ1) is 18.4. The van der Waals surface area contributed by atoms with Crippen LogP contribution in [0.15, 0.2) is 28.8 Å². The number of benzene rings is 1. The van der Waals surface area contributed by atoms with Crippen LogP contribution in [0.1, 0.15) is 44.2 Å². The number of nitrogens with one attached hydrogen (secondary N) is 1. The monoisotopic (exact) mass is 358 g/mol. The minimum Gasteiger partial charge on any atom is -0.450 e. The number of piperidine rings is 1. The maximum absolute atomic E-state index is 11.8. The zero-order valence-electron chi connectivity index (χ0n) is 15.6. The number of likely N-dealkylation sites (tertiary alicyclic amines) is 1. The number of aryl methyl sites for hydroxylation is 1. The first-order valence-corrected chi connectivity index (χ1v) is 9.15. The highest BCUT2D eigenvalue weighted by Crippen LogP contribution is 2.23. The maximum atomic E-state index is 11.8. The summed E-state index contributed by atoms with van der Waals surface area (Å²) in [5.41, 5.74) is 2.10. The molecule has 1 N–H and O–H groups in total. The van der Waals surface area contributed by atoms with E-state index >= 15 is 0 Å². The van der Waals surface area contributed by atoms with Crippen molar-refractivity contribution in [2.45, 2.75) is 45.7 Å². The number of carbonyl (C=O) groups is 1. The molecule has 140 valence electrons. The first-order chi connectivity index (χ1) is 12.6. The lowest BCUT2D eigenvalue weighted by atomic mass is 10.0. The van der Waals surface area contributed by atoms with Gasteiger partial charge >= 0.3 is 6.09 Å². The third kappa shape index (κ3) is 4.22. The summed E-state index contributed by atoms with van der Waals surface area (Å²) < 4.78 is 10.5. The molecule has 1 aromatic carbocycles. The van der Waals surface area contributed by atoms with E-state index < -0.39 is 0 Å². The third-order valence-corrected chi connectivity index (χ3v) is 4.70. The molecule has 1 aliphatic heterocycles. The number of ether oxygens (including phenoxy) is 1. The van der Waals surface area contributed by atoms with Gasteiger partial charge < -0.3 is 19.5 Å². The van der Waals surface area contributed by atoms with Gasteiger partial charge in [0, 0.05) is 24.7 Å². The molecule has 26 heavy (non-hydrogen) atoms. The van der Waals surface area contributed by atoms with Gasteiger partial charge in [-0.2, -0.15) is 4.98 Å². The van der Waals surface area contributed by atoms with Gasteiger partial charge in [0.05, 0.1) is 12.6 Å². The lowest BCUT2D eigenvalue weighted by Gasteiger charge is -2.32. The highest BCUT2D eigenvalue weighted by molar-refractivity contribution is 5.67. The summed E-state index contributed by atoms with van der Waals surface area (Å²) in [7, 11) is 0. The zero-order valence-corrected chi connectivity index (χ0v) is 15.6. The number of amides is 1. The molecule has 1 aromatic heterocycles. The minimum absolute atomic E-state index is 0.0422. The molecule has 2 aromatic rings. The Hall–Kier alpha value is -2.41. The smallest absolute Gasteiger partial charge is 0.409 e. The lowest BCUT2D eigenvalue weighted by molar-refractivity contribution is 0.0939. The van der Waals surface area contributed by atoms with Gasteiger partial charge in [0.15, 0.2) is 0 Å². The average molecular weight is 358 g/mol. The van der Waals surface area contributed by atoms with Crippen LogP contribution in [0.4, 0.5) is 4.79 Å². The van der Waals surface area contributed by atoms with Crippen LogP contribution in [0, 0.1) is 6.92 Å². The summed E-state index contributed by atoms with van der Waals surface area (Å²) in [6, 6.07) is 8.26. The van der Waals surface area contributed by atoms with Crippen molar-refractivity contribution in [3.05, 3.63) is 35.7 Å². The molecule has 3 rings (SSSR count). The molecule has 7 heteroatoms. The highest BCUT2D eigenvalue weighted by atomic mass is 16.6. The molecule has 0 spiro atoms. The van der Waals surface area contributed by atoms with E-state index in [2.05, 4.69) is 15.5 Å². The van der Waals surface area contributed by atoms with Gasteiger partial charge in [-0.05, 0) is 39.2 Å². The molecule has 0 bridgehead atoms. The first-order valence-electron chi connectivity index (χ1n) is 9.15. The van der Waals surface area contributed by atoms with Gasteiger partial charge in [-0.3, -0.25) is 0 Å². The van der Waals surface area contributed by atoms with Crippen LogP contribution in [0.5, 0.6) is 0 Å². The van der Waals surface area contributed by atoms with E-state index in [1.54, 1.807) is 4.90 Å². The summed E-state index contributed by atoms with van der Waals surface area (Å²) in [4.78, 5) is 18.1. The zero-order chi connectivity index (χ0) is 18.5. The number of hydrogen-bond acceptors (Lipinski definition) is 6.